The van der Waals surface area contributed by atoms with Crippen LogP contribution in [-0.4, -0.2) is 18.5 Å². The zero-order valence-corrected chi connectivity index (χ0v) is 16.6. The fourth-order valence-electron chi connectivity index (χ4n) is 2.71. The van der Waals surface area contributed by atoms with Gasteiger partial charge in [-0.3, -0.25) is 4.79 Å². The fourth-order valence-corrected chi connectivity index (χ4v) is 2.71. The van der Waals surface area contributed by atoms with Gasteiger partial charge in [-0.15, -0.1) is 0 Å². The number of urea groups is 1. The number of amides is 3. The molecule has 0 atom stereocenters. The number of rotatable bonds is 7. The van der Waals surface area contributed by atoms with Gasteiger partial charge < -0.3 is 20.7 Å². The van der Waals surface area contributed by atoms with Crippen molar-refractivity contribution < 1.29 is 14.3 Å². The number of nitrogens with one attached hydrogen (secondary N) is 3. The summed E-state index contributed by atoms with van der Waals surface area (Å²) in [5.74, 6) is 0.470. The van der Waals surface area contributed by atoms with Gasteiger partial charge in [-0.25, -0.2) is 4.79 Å². The van der Waals surface area contributed by atoms with Crippen molar-refractivity contribution >= 4 is 35.1 Å². The standard InChI is InChI=1S/C24H23N3O3/c1-2-30-22-11-7-6-8-18(22)12-17-23(28)25-20-13-15-21(16-14-20)27-24(29)26-19-9-4-3-5-10-19/h3-17H,2H2,1H3,(H,25,28)(H2,26,27,29)/b17-12+. The van der Waals surface area contributed by atoms with Crippen molar-refractivity contribution in [3.05, 3.63) is 90.5 Å². The molecule has 0 aliphatic rings. The average molecular weight is 401 g/mol. The van der Waals surface area contributed by atoms with E-state index < -0.39 is 0 Å². The summed E-state index contributed by atoms with van der Waals surface area (Å²) in [5, 5.41) is 8.28. The Kier molecular flexibility index (Phi) is 7.22. The van der Waals surface area contributed by atoms with E-state index >= 15 is 0 Å². The lowest BCUT2D eigenvalue weighted by atomic mass is 10.2. The number of anilines is 3. The highest BCUT2D eigenvalue weighted by atomic mass is 16.5. The second-order valence-electron chi connectivity index (χ2n) is 6.32. The molecule has 3 aromatic carbocycles. The molecule has 6 heteroatoms. The third-order valence-electron chi connectivity index (χ3n) is 4.08. The van der Waals surface area contributed by atoms with Crippen molar-refractivity contribution in [1.29, 1.82) is 0 Å². The first kappa shape index (κ1) is 20.7. The summed E-state index contributed by atoms with van der Waals surface area (Å²) >= 11 is 0. The SMILES string of the molecule is CCOc1ccccc1/C=C/C(=O)Nc1ccc(NC(=O)Nc2ccccc2)cc1. The molecule has 0 aliphatic carbocycles. The zero-order valence-electron chi connectivity index (χ0n) is 16.6. The van der Waals surface area contributed by atoms with Crippen molar-refractivity contribution in [3.8, 4) is 5.75 Å². The van der Waals surface area contributed by atoms with Crippen molar-refractivity contribution in [2.24, 2.45) is 0 Å². The fraction of sp³-hybridized carbons (Fsp3) is 0.0833. The van der Waals surface area contributed by atoms with Crippen LogP contribution < -0.4 is 20.7 Å². The van der Waals surface area contributed by atoms with Crippen LogP contribution in [0.2, 0.25) is 0 Å². The summed E-state index contributed by atoms with van der Waals surface area (Å²) in [7, 11) is 0. The molecule has 152 valence electrons. The second kappa shape index (κ2) is 10.5. The quantitative estimate of drug-likeness (QED) is 0.465. The van der Waals surface area contributed by atoms with Gasteiger partial charge in [0.25, 0.3) is 0 Å². The van der Waals surface area contributed by atoms with Gasteiger partial charge in [0.2, 0.25) is 5.91 Å². The molecule has 0 saturated carbocycles. The molecule has 3 rings (SSSR count). The summed E-state index contributed by atoms with van der Waals surface area (Å²) in [6.07, 6.45) is 3.17. The minimum Gasteiger partial charge on any atom is -0.493 e. The lowest BCUT2D eigenvalue weighted by Crippen LogP contribution is -2.19. The van der Waals surface area contributed by atoms with Crippen molar-refractivity contribution in [2.45, 2.75) is 6.92 Å². The molecule has 0 bridgehead atoms. The Hall–Kier alpha value is -4.06. The molecule has 0 saturated heterocycles. The van der Waals surface area contributed by atoms with Crippen LogP contribution >= 0.6 is 0 Å². The lowest BCUT2D eigenvalue weighted by Gasteiger charge is -2.09. The molecule has 6 nitrogen and oxygen atoms in total. The maximum absolute atomic E-state index is 12.2. The summed E-state index contributed by atoms with van der Waals surface area (Å²) in [6.45, 7) is 2.47. The van der Waals surface area contributed by atoms with E-state index in [9.17, 15) is 9.59 Å². The Morgan fingerprint density at radius 3 is 2.00 bits per heavy atom. The smallest absolute Gasteiger partial charge is 0.323 e. The molecule has 0 heterocycles. The lowest BCUT2D eigenvalue weighted by molar-refractivity contribution is -0.111. The highest BCUT2D eigenvalue weighted by molar-refractivity contribution is 6.03. The monoisotopic (exact) mass is 401 g/mol. The summed E-state index contributed by atoms with van der Waals surface area (Å²) < 4.78 is 5.55. The molecule has 30 heavy (non-hydrogen) atoms. The van der Waals surface area contributed by atoms with Gasteiger partial charge in [0.1, 0.15) is 5.75 Å². The van der Waals surface area contributed by atoms with Gasteiger partial charge in [0.05, 0.1) is 6.61 Å². The molecule has 3 amide bonds. The van der Waals surface area contributed by atoms with Crippen LogP contribution in [0.5, 0.6) is 5.75 Å². The molecule has 0 fully saturated rings. The van der Waals surface area contributed by atoms with E-state index in [0.717, 1.165) is 11.3 Å². The van der Waals surface area contributed by atoms with Crippen LogP contribution in [0, 0.1) is 0 Å². The zero-order chi connectivity index (χ0) is 21.2. The maximum atomic E-state index is 12.2. The van der Waals surface area contributed by atoms with E-state index in [1.54, 1.807) is 42.5 Å². The second-order valence-corrected chi connectivity index (χ2v) is 6.32. The number of hydrogen-bond donors (Lipinski definition) is 3. The van der Waals surface area contributed by atoms with Crippen molar-refractivity contribution in [1.82, 2.24) is 0 Å². The topological polar surface area (TPSA) is 79.5 Å². The first-order chi connectivity index (χ1) is 14.6. The highest BCUT2D eigenvalue weighted by Crippen LogP contribution is 2.19. The van der Waals surface area contributed by atoms with E-state index in [1.807, 2.05) is 49.4 Å². The van der Waals surface area contributed by atoms with Crippen LogP contribution in [0.25, 0.3) is 6.08 Å². The molecule has 0 unspecified atom stereocenters. The molecule has 0 aliphatic heterocycles. The van der Waals surface area contributed by atoms with Crippen LogP contribution in [0.3, 0.4) is 0 Å². The van der Waals surface area contributed by atoms with Gasteiger partial charge in [-0.1, -0.05) is 36.4 Å². The Bertz CT molecular complexity index is 1020. The third-order valence-corrected chi connectivity index (χ3v) is 4.08. The summed E-state index contributed by atoms with van der Waals surface area (Å²) in [5.41, 5.74) is 2.77. The van der Waals surface area contributed by atoms with Gasteiger partial charge >= 0.3 is 6.03 Å². The number of benzene rings is 3. The van der Waals surface area contributed by atoms with E-state index in [4.69, 9.17) is 4.74 Å². The highest BCUT2D eigenvalue weighted by Gasteiger charge is 2.04. The number of para-hydroxylation sites is 2. The van der Waals surface area contributed by atoms with Gasteiger partial charge in [-0.05, 0) is 55.5 Å². The Balaban J connectivity index is 1.54. The first-order valence-electron chi connectivity index (χ1n) is 9.58. The first-order valence-corrected chi connectivity index (χ1v) is 9.58. The largest absolute Gasteiger partial charge is 0.493 e. The molecule has 3 aromatic rings. The normalized spacial score (nSPS) is 10.4. The van der Waals surface area contributed by atoms with Crippen LogP contribution in [0.1, 0.15) is 12.5 Å². The van der Waals surface area contributed by atoms with Crippen LogP contribution in [0.15, 0.2) is 84.9 Å². The van der Waals surface area contributed by atoms with E-state index in [2.05, 4.69) is 16.0 Å². The van der Waals surface area contributed by atoms with E-state index in [0.29, 0.717) is 23.7 Å². The van der Waals surface area contributed by atoms with Crippen LogP contribution in [0.4, 0.5) is 21.9 Å². The maximum Gasteiger partial charge on any atom is 0.323 e. The number of carbonyl (C=O) groups excluding carboxylic acids is 2. The molecule has 0 radical (unpaired) electrons. The van der Waals surface area contributed by atoms with Gasteiger partial charge in [-0.2, -0.15) is 0 Å². The Morgan fingerprint density at radius 1 is 0.767 bits per heavy atom. The average Bonchev–Trinajstić information content (AvgIpc) is 2.75. The predicted octanol–water partition coefficient (Wildman–Crippen LogP) is 5.38. The molecule has 0 aromatic heterocycles. The van der Waals surface area contributed by atoms with E-state index in [1.165, 1.54) is 6.08 Å². The third kappa shape index (κ3) is 6.24. The summed E-state index contributed by atoms with van der Waals surface area (Å²) in [4.78, 5) is 24.2. The summed E-state index contributed by atoms with van der Waals surface area (Å²) in [6, 6.07) is 23.2. The van der Waals surface area contributed by atoms with Gasteiger partial charge in [0, 0.05) is 28.7 Å². The Morgan fingerprint density at radius 2 is 1.33 bits per heavy atom. The Labute approximate surface area is 175 Å². The van der Waals surface area contributed by atoms with Crippen molar-refractivity contribution in [2.75, 3.05) is 22.6 Å². The minimum absolute atomic E-state index is 0.260. The number of carbonyl (C=O) groups is 2. The minimum atomic E-state index is -0.339. The molecular weight excluding hydrogens is 378 g/mol. The van der Waals surface area contributed by atoms with Gasteiger partial charge in [0.15, 0.2) is 0 Å². The molecule has 0 spiro atoms. The van der Waals surface area contributed by atoms with E-state index in [-0.39, 0.29) is 11.9 Å². The molecular formula is C24H23N3O3. The number of ether oxygens (including phenoxy) is 1. The van der Waals surface area contributed by atoms with Crippen molar-refractivity contribution in [3.63, 3.8) is 0 Å². The molecule has 3 N–H and O–H groups in total. The predicted molar refractivity (Wildman–Crippen MR) is 121 cm³/mol. The number of hydrogen-bond acceptors (Lipinski definition) is 3. The van der Waals surface area contributed by atoms with Crippen LogP contribution in [-0.2, 0) is 4.79 Å².